The van der Waals surface area contributed by atoms with Gasteiger partial charge in [-0.15, -0.1) is 0 Å². The molecule has 24 heavy (non-hydrogen) atoms. The second kappa shape index (κ2) is 6.52. The second-order valence-electron chi connectivity index (χ2n) is 6.91. The SMILES string of the molecule is Cc1ccc2c(c1)[C@H](NC(=O)/C=C/c1ccccc1)CC(C)(C)O2. The number of rotatable bonds is 3. The molecule has 0 aromatic heterocycles. The highest BCUT2D eigenvalue weighted by Crippen LogP contribution is 2.39. The molecule has 1 amide bonds. The van der Waals surface area contributed by atoms with Gasteiger partial charge in [0.2, 0.25) is 5.91 Å². The van der Waals surface area contributed by atoms with Gasteiger partial charge in [-0.1, -0.05) is 48.0 Å². The summed E-state index contributed by atoms with van der Waals surface area (Å²) in [6, 6.07) is 15.9. The van der Waals surface area contributed by atoms with Crippen molar-refractivity contribution in [2.45, 2.75) is 38.8 Å². The Kier molecular flexibility index (Phi) is 4.43. The number of carbonyl (C=O) groups is 1. The summed E-state index contributed by atoms with van der Waals surface area (Å²) < 4.78 is 6.05. The Morgan fingerprint density at radius 3 is 2.71 bits per heavy atom. The molecule has 0 aliphatic carbocycles. The van der Waals surface area contributed by atoms with Gasteiger partial charge in [-0.05, 0) is 38.5 Å². The fraction of sp³-hybridized carbons (Fsp3) is 0.286. The molecule has 0 fully saturated rings. The number of hydrogen-bond donors (Lipinski definition) is 1. The number of benzene rings is 2. The molecular weight excluding hydrogens is 298 g/mol. The zero-order valence-electron chi connectivity index (χ0n) is 14.4. The van der Waals surface area contributed by atoms with E-state index in [1.807, 2.05) is 55.5 Å². The summed E-state index contributed by atoms with van der Waals surface area (Å²) in [6.07, 6.45) is 4.17. The molecule has 1 atom stereocenters. The standard InChI is InChI=1S/C21H23NO2/c1-15-9-11-19-17(13-15)18(14-21(2,3)24-19)22-20(23)12-10-16-7-5-4-6-8-16/h4-13,18H,14H2,1-3H3,(H,22,23)/b12-10+/t18-/m1/s1. The van der Waals surface area contributed by atoms with Gasteiger partial charge in [0.05, 0.1) is 6.04 Å². The fourth-order valence-electron chi connectivity index (χ4n) is 3.06. The highest BCUT2D eigenvalue weighted by atomic mass is 16.5. The third kappa shape index (κ3) is 3.85. The molecule has 0 bridgehead atoms. The molecule has 0 radical (unpaired) electrons. The average molecular weight is 321 g/mol. The van der Waals surface area contributed by atoms with E-state index in [-0.39, 0.29) is 17.6 Å². The van der Waals surface area contributed by atoms with Gasteiger partial charge in [0.25, 0.3) is 0 Å². The summed E-state index contributed by atoms with van der Waals surface area (Å²) in [5.74, 6) is 0.767. The quantitative estimate of drug-likeness (QED) is 0.850. The van der Waals surface area contributed by atoms with Gasteiger partial charge in [0.15, 0.2) is 0 Å². The minimum atomic E-state index is -0.302. The van der Waals surface area contributed by atoms with Crippen molar-refractivity contribution in [2.24, 2.45) is 0 Å². The van der Waals surface area contributed by atoms with Crippen LogP contribution in [0.2, 0.25) is 0 Å². The molecule has 2 aromatic rings. The molecule has 0 spiro atoms. The van der Waals surface area contributed by atoms with Crippen LogP contribution in [-0.4, -0.2) is 11.5 Å². The molecule has 3 rings (SSSR count). The van der Waals surface area contributed by atoms with E-state index in [1.165, 1.54) is 0 Å². The molecule has 0 saturated carbocycles. The molecule has 1 aliphatic rings. The maximum Gasteiger partial charge on any atom is 0.244 e. The Hall–Kier alpha value is -2.55. The summed E-state index contributed by atoms with van der Waals surface area (Å²) in [5, 5.41) is 3.12. The molecule has 1 N–H and O–H groups in total. The lowest BCUT2D eigenvalue weighted by molar-refractivity contribution is -0.117. The van der Waals surface area contributed by atoms with Crippen LogP contribution in [0.25, 0.3) is 6.08 Å². The average Bonchev–Trinajstić information content (AvgIpc) is 2.54. The maximum absolute atomic E-state index is 12.4. The van der Waals surface area contributed by atoms with E-state index in [0.29, 0.717) is 0 Å². The lowest BCUT2D eigenvalue weighted by atomic mass is 9.89. The van der Waals surface area contributed by atoms with Crippen molar-refractivity contribution in [3.8, 4) is 5.75 Å². The monoisotopic (exact) mass is 321 g/mol. The first-order chi connectivity index (χ1) is 11.4. The van der Waals surface area contributed by atoms with E-state index in [9.17, 15) is 4.79 Å². The van der Waals surface area contributed by atoms with Crippen LogP contribution in [0.4, 0.5) is 0 Å². The molecule has 124 valence electrons. The Balaban J connectivity index is 1.78. The number of amides is 1. The maximum atomic E-state index is 12.4. The predicted octanol–water partition coefficient (Wildman–Crippen LogP) is 4.43. The van der Waals surface area contributed by atoms with Crippen molar-refractivity contribution >= 4 is 12.0 Å². The number of hydrogen-bond acceptors (Lipinski definition) is 2. The van der Waals surface area contributed by atoms with E-state index in [2.05, 4.69) is 25.2 Å². The van der Waals surface area contributed by atoms with Crippen LogP contribution in [0.5, 0.6) is 5.75 Å². The molecule has 3 nitrogen and oxygen atoms in total. The summed E-state index contributed by atoms with van der Waals surface area (Å²) in [7, 11) is 0. The van der Waals surface area contributed by atoms with Gasteiger partial charge >= 0.3 is 0 Å². The minimum absolute atomic E-state index is 0.0448. The topological polar surface area (TPSA) is 38.3 Å². The minimum Gasteiger partial charge on any atom is -0.487 e. The van der Waals surface area contributed by atoms with Gasteiger partial charge in [0, 0.05) is 18.1 Å². The molecule has 0 saturated heterocycles. The van der Waals surface area contributed by atoms with Crippen LogP contribution in [0.15, 0.2) is 54.6 Å². The van der Waals surface area contributed by atoms with Crippen molar-refractivity contribution in [3.63, 3.8) is 0 Å². The van der Waals surface area contributed by atoms with Crippen LogP contribution in [0.1, 0.15) is 43.0 Å². The summed E-state index contributed by atoms with van der Waals surface area (Å²) in [6.45, 7) is 6.15. The van der Waals surface area contributed by atoms with Crippen LogP contribution in [0.3, 0.4) is 0 Å². The summed E-state index contributed by atoms with van der Waals surface area (Å²) >= 11 is 0. The molecule has 0 unspecified atom stereocenters. The Bertz CT molecular complexity index is 763. The van der Waals surface area contributed by atoms with Crippen molar-refractivity contribution in [1.82, 2.24) is 5.32 Å². The highest BCUT2D eigenvalue weighted by molar-refractivity contribution is 5.92. The van der Waals surface area contributed by atoms with Gasteiger partial charge in [-0.2, -0.15) is 0 Å². The van der Waals surface area contributed by atoms with Crippen LogP contribution in [-0.2, 0) is 4.79 Å². The van der Waals surface area contributed by atoms with Gasteiger partial charge in [0.1, 0.15) is 11.4 Å². The van der Waals surface area contributed by atoms with Crippen molar-refractivity contribution < 1.29 is 9.53 Å². The Morgan fingerprint density at radius 2 is 1.96 bits per heavy atom. The third-order valence-corrected chi connectivity index (χ3v) is 4.17. The molecule has 2 aromatic carbocycles. The number of ether oxygens (including phenoxy) is 1. The lowest BCUT2D eigenvalue weighted by Crippen LogP contribution is -2.41. The fourth-order valence-corrected chi connectivity index (χ4v) is 3.06. The first-order valence-corrected chi connectivity index (χ1v) is 8.26. The lowest BCUT2D eigenvalue weighted by Gasteiger charge is -2.38. The first-order valence-electron chi connectivity index (χ1n) is 8.26. The van der Waals surface area contributed by atoms with Crippen molar-refractivity contribution in [3.05, 3.63) is 71.3 Å². The van der Waals surface area contributed by atoms with Crippen molar-refractivity contribution in [1.29, 1.82) is 0 Å². The summed E-state index contributed by atoms with van der Waals surface area (Å²) in [4.78, 5) is 12.4. The van der Waals surface area contributed by atoms with E-state index < -0.39 is 0 Å². The van der Waals surface area contributed by atoms with E-state index in [1.54, 1.807) is 6.08 Å². The number of carbonyl (C=O) groups excluding carboxylic acids is 1. The Labute approximate surface area is 143 Å². The van der Waals surface area contributed by atoms with Crippen LogP contribution >= 0.6 is 0 Å². The number of aryl methyl sites for hydroxylation is 1. The Morgan fingerprint density at radius 1 is 1.21 bits per heavy atom. The third-order valence-electron chi connectivity index (χ3n) is 4.17. The van der Waals surface area contributed by atoms with Crippen LogP contribution < -0.4 is 10.1 Å². The molecule has 3 heteroatoms. The predicted molar refractivity (Wildman–Crippen MR) is 96.9 cm³/mol. The summed E-state index contributed by atoms with van der Waals surface area (Å²) in [5.41, 5.74) is 2.92. The van der Waals surface area contributed by atoms with E-state index in [4.69, 9.17) is 4.74 Å². The normalized spacial score (nSPS) is 18.7. The number of fused-ring (bicyclic) bond motifs is 1. The second-order valence-corrected chi connectivity index (χ2v) is 6.91. The van der Waals surface area contributed by atoms with Crippen molar-refractivity contribution in [2.75, 3.05) is 0 Å². The largest absolute Gasteiger partial charge is 0.487 e. The zero-order valence-corrected chi connectivity index (χ0v) is 14.4. The van der Waals surface area contributed by atoms with Crippen LogP contribution in [0, 0.1) is 6.92 Å². The first kappa shape index (κ1) is 16.3. The molecular formula is C21H23NO2. The van der Waals surface area contributed by atoms with Gasteiger partial charge in [-0.3, -0.25) is 4.79 Å². The van der Waals surface area contributed by atoms with E-state index in [0.717, 1.165) is 28.9 Å². The molecule has 1 aliphatic heterocycles. The highest BCUT2D eigenvalue weighted by Gasteiger charge is 2.34. The smallest absolute Gasteiger partial charge is 0.244 e. The molecule has 1 heterocycles. The zero-order chi connectivity index (χ0) is 17.2. The van der Waals surface area contributed by atoms with Gasteiger partial charge in [-0.25, -0.2) is 0 Å². The van der Waals surface area contributed by atoms with E-state index >= 15 is 0 Å². The van der Waals surface area contributed by atoms with Gasteiger partial charge < -0.3 is 10.1 Å². The number of nitrogens with one attached hydrogen (secondary N) is 1.